The quantitative estimate of drug-likeness (QED) is 0.928. The van der Waals surface area contributed by atoms with Crippen LogP contribution in [0.3, 0.4) is 0 Å². The third kappa shape index (κ3) is 1.89. The van der Waals surface area contributed by atoms with Crippen molar-refractivity contribution in [2.24, 2.45) is 11.3 Å². The average molecular weight is 342 g/mol. The number of amides is 1. The predicted octanol–water partition coefficient (Wildman–Crippen LogP) is 2.88. The van der Waals surface area contributed by atoms with E-state index in [4.69, 9.17) is 0 Å². The minimum absolute atomic E-state index is 0.0496. The Hall–Kier alpha value is -1.69. The van der Waals surface area contributed by atoms with Gasteiger partial charge in [-0.25, -0.2) is 9.97 Å². The number of hydrogen-bond donors (Lipinski definition) is 1. The molecule has 4 aliphatic rings. The smallest absolute Gasteiger partial charge is 0.226 e. The lowest BCUT2D eigenvalue weighted by Gasteiger charge is -2.38. The van der Waals surface area contributed by atoms with E-state index >= 15 is 0 Å². The Morgan fingerprint density at radius 3 is 3.04 bits per heavy atom. The van der Waals surface area contributed by atoms with E-state index in [0.717, 1.165) is 36.5 Å². The van der Waals surface area contributed by atoms with Gasteiger partial charge in [-0.3, -0.25) is 4.79 Å². The topological polar surface area (TPSA) is 58.1 Å². The molecular formula is C18H22N4OS. The SMILES string of the molecule is CCC1(C(=O)NC2C3CC2N(c2ncnc4scc(C)c24)C3)CC1. The zero-order valence-electron chi connectivity index (χ0n) is 14.1. The summed E-state index contributed by atoms with van der Waals surface area (Å²) in [5, 5.41) is 6.71. The highest BCUT2D eigenvalue weighted by molar-refractivity contribution is 7.17. The summed E-state index contributed by atoms with van der Waals surface area (Å²) >= 11 is 1.68. The van der Waals surface area contributed by atoms with E-state index < -0.39 is 0 Å². The summed E-state index contributed by atoms with van der Waals surface area (Å²) in [6, 6.07) is 0.689. The van der Waals surface area contributed by atoms with Gasteiger partial charge in [0.1, 0.15) is 17.0 Å². The zero-order chi connectivity index (χ0) is 16.5. The Morgan fingerprint density at radius 1 is 1.46 bits per heavy atom. The van der Waals surface area contributed by atoms with Gasteiger partial charge in [-0.05, 0) is 43.6 Å². The lowest BCUT2D eigenvalue weighted by atomic mass is 9.79. The fraction of sp³-hybridized carbons (Fsp3) is 0.611. The largest absolute Gasteiger partial charge is 0.351 e. The maximum Gasteiger partial charge on any atom is 0.226 e. The van der Waals surface area contributed by atoms with E-state index in [1.54, 1.807) is 17.7 Å². The summed E-state index contributed by atoms with van der Waals surface area (Å²) in [7, 11) is 0. The second-order valence-electron chi connectivity index (χ2n) is 7.64. The summed E-state index contributed by atoms with van der Waals surface area (Å²) in [6.07, 6.45) is 5.92. The first-order chi connectivity index (χ1) is 11.6. The summed E-state index contributed by atoms with van der Waals surface area (Å²) in [5.41, 5.74) is 1.20. The minimum Gasteiger partial charge on any atom is -0.351 e. The molecule has 4 heterocycles. The van der Waals surface area contributed by atoms with Crippen LogP contribution in [0.2, 0.25) is 0 Å². The highest BCUT2D eigenvalue weighted by Gasteiger charge is 2.56. The number of nitrogens with zero attached hydrogens (tertiary/aromatic N) is 3. The molecule has 0 spiro atoms. The van der Waals surface area contributed by atoms with Crippen molar-refractivity contribution in [1.82, 2.24) is 15.3 Å². The van der Waals surface area contributed by atoms with Crippen LogP contribution in [-0.4, -0.2) is 34.5 Å². The molecule has 0 aromatic carbocycles. The predicted molar refractivity (Wildman–Crippen MR) is 95.3 cm³/mol. The van der Waals surface area contributed by atoms with Crippen LogP contribution in [-0.2, 0) is 4.79 Å². The summed E-state index contributed by atoms with van der Waals surface area (Å²) in [5.74, 6) is 1.90. The van der Waals surface area contributed by atoms with Gasteiger partial charge in [0.25, 0.3) is 0 Å². The van der Waals surface area contributed by atoms with Gasteiger partial charge in [-0.2, -0.15) is 0 Å². The van der Waals surface area contributed by atoms with E-state index in [1.165, 1.54) is 17.4 Å². The third-order valence-corrected chi connectivity index (χ3v) is 7.42. The molecular weight excluding hydrogens is 320 g/mol. The number of rotatable bonds is 4. The van der Waals surface area contributed by atoms with Crippen LogP contribution in [0.4, 0.5) is 5.82 Å². The van der Waals surface area contributed by atoms with Crippen molar-refractivity contribution in [1.29, 1.82) is 0 Å². The molecule has 2 bridgehead atoms. The first-order valence-electron chi connectivity index (χ1n) is 8.89. The van der Waals surface area contributed by atoms with E-state index in [2.05, 4.69) is 39.4 Å². The van der Waals surface area contributed by atoms with Crippen LogP contribution in [0.1, 0.15) is 38.2 Å². The average Bonchev–Trinajstić information content (AvgIpc) is 2.94. The molecule has 4 fully saturated rings. The van der Waals surface area contributed by atoms with Crippen LogP contribution in [0, 0.1) is 18.3 Å². The van der Waals surface area contributed by atoms with Gasteiger partial charge >= 0.3 is 0 Å². The normalized spacial score (nSPS) is 29.6. The maximum absolute atomic E-state index is 12.6. The van der Waals surface area contributed by atoms with Gasteiger partial charge in [0.05, 0.1) is 17.5 Å². The number of aromatic nitrogens is 2. The third-order valence-electron chi connectivity index (χ3n) is 6.41. The molecule has 3 unspecified atom stereocenters. The van der Waals surface area contributed by atoms with Crippen molar-refractivity contribution in [3.8, 4) is 0 Å². The molecule has 2 aliphatic heterocycles. The maximum atomic E-state index is 12.6. The number of fused-ring (bicyclic) bond motifs is 2. The Labute approximate surface area is 145 Å². The van der Waals surface area contributed by atoms with Gasteiger partial charge in [0.15, 0.2) is 0 Å². The molecule has 2 saturated carbocycles. The molecule has 126 valence electrons. The van der Waals surface area contributed by atoms with Crippen LogP contribution in [0.5, 0.6) is 0 Å². The van der Waals surface area contributed by atoms with Gasteiger partial charge in [0.2, 0.25) is 5.91 Å². The van der Waals surface area contributed by atoms with E-state index in [1.807, 2.05) is 0 Å². The molecule has 5 nitrogen and oxygen atoms in total. The van der Waals surface area contributed by atoms with Gasteiger partial charge in [-0.1, -0.05) is 6.92 Å². The fourth-order valence-electron chi connectivity index (χ4n) is 4.49. The summed E-state index contributed by atoms with van der Waals surface area (Å²) < 4.78 is 0. The zero-order valence-corrected chi connectivity index (χ0v) is 14.9. The van der Waals surface area contributed by atoms with E-state index in [-0.39, 0.29) is 11.3 Å². The van der Waals surface area contributed by atoms with Crippen LogP contribution >= 0.6 is 11.3 Å². The molecule has 3 atom stereocenters. The lowest BCUT2D eigenvalue weighted by Crippen LogP contribution is -2.56. The number of aryl methyl sites for hydroxylation is 1. The molecule has 2 saturated heterocycles. The molecule has 1 N–H and O–H groups in total. The van der Waals surface area contributed by atoms with Gasteiger partial charge < -0.3 is 10.2 Å². The highest BCUT2D eigenvalue weighted by Crippen LogP contribution is 2.50. The number of carbonyl (C=O) groups is 1. The minimum atomic E-state index is -0.0496. The second kappa shape index (κ2) is 4.91. The van der Waals surface area contributed by atoms with E-state index in [9.17, 15) is 4.79 Å². The number of carbonyl (C=O) groups excluding carboxylic acids is 1. The Morgan fingerprint density at radius 2 is 2.29 bits per heavy atom. The van der Waals surface area contributed by atoms with Crippen molar-refractivity contribution >= 4 is 33.3 Å². The lowest BCUT2D eigenvalue weighted by molar-refractivity contribution is -0.128. The van der Waals surface area contributed by atoms with Gasteiger partial charge in [-0.15, -0.1) is 11.3 Å². The number of thiophene rings is 1. The molecule has 1 amide bonds. The molecule has 2 aromatic heterocycles. The Kier molecular flexibility index (Phi) is 2.99. The number of anilines is 1. The summed E-state index contributed by atoms with van der Waals surface area (Å²) in [4.78, 5) is 25.1. The van der Waals surface area contributed by atoms with Crippen molar-refractivity contribution in [2.45, 2.75) is 51.6 Å². The molecule has 2 aliphatic carbocycles. The summed E-state index contributed by atoms with van der Waals surface area (Å²) in [6.45, 7) is 5.25. The van der Waals surface area contributed by atoms with Crippen molar-refractivity contribution < 1.29 is 4.79 Å². The van der Waals surface area contributed by atoms with Crippen LogP contribution in [0.15, 0.2) is 11.7 Å². The first kappa shape index (κ1) is 14.6. The van der Waals surface area contributed by atoms with Gasteiger partial charge in [0, 0.05) is 17.9 Å². The fourth-order valence-corrected chi connectivity index (χ4v) is 5.37. The molecule has 2 aromatic rings. The van der Waals surface area contributed by atoms with Crippen LogP contribution in [0.25, 0.3) is 10.2 Å². The number of hydrogen-bond acceptors (Lipinski definition) is 5. The molecule has 6 heteroatoms. The van der Waals surface area contributed by atoms with Crippen molar-refractivity contribution in [3.05, 3.63) is 17.3 Å². The standard InChI is InChI=1S/C18H22N4OS/c1-3-18(4-5-18)17(23)21-14-11-6-12(14)22(7-11)15-13-10(2)8-24-16(13)20-9-19-15/h8-9,11-12,14H,3-7H2,1-2H3,(H,21,23). The number of nitrogens with one attached hydrogen (secondary N) is 1. The monoisotopic (exact) mass is 342 g/mol. The molecule has 24 heavy (non-hydrogen) atoms. The van der Waals surface area contributed by atoms with Crippen LogP contribution < -0.4 is 10.2 Å². The highest BCUT2D eigenvalue weighted by atomic mass is 32.1. The Bertz CT molecular complexity index is 828. The molecule has 0 radical (unpaired) electrons. The second-order valence-corrected chi connectivity index (χ2v) is 8.50. The van der Waals surface area contributed by atoms with Crippen molar-refractivity contribution in [3.63, 3.8) is 0 Å². The van der Waals surface area contributed by atoms with Crippen molar-refractivity contribution in [2.75, 3.05) is 11.4 Å². The Balaban J connectivity index is 1.40. The molecule has 6 rings (SSSR count). The first-order valence-corrected chi connectivity index (χ1v) is 9.77. The van der Waals surface area contributed by atoms with E-state index in [0.29, 0.717) is 18.0 Å².